The summed E-state index contributed by atoms with van der Waals surface area (Å²) in [6, 6.07) is 21.9. The minimum Gasteiger partial charge on any atom is -0.316 e. The Morgan fingerprint density at radius 2 is 1.05 bits per heavy atom. The topological polar surface area (TPSA) is 0 Å². The Labute approximate surface area is 116 Å². The normalized spacial score (nSPS) is 17.5. The first-order chi connectivity index (χ1) is 9.36. The van der Waals surface area contributed by atoms with Crippen molar-refractivity contribution < 1.29 is 4.48 Å². The number of benzene rings is 2. The van der Waals surface area contributed by atoms with Gasteiger partial charge in [-0.1, -0.05) is 60.7 Å². The molecule has 0 N–H and O–H groups in total. The second-order valence-corrected chi connectivity index (χ2v) is 5.78. The first kappa shape index (κ1) is 12.4. The summed E-state index contributed by atoms with van der Waals surface area (Å²) >= 11 is 0. The molecule has 1 heteroatoms. The van der Waals surface area contributed by atoms with Crippen molar-refractivity contribution in [1.29, 1.82) is 0 Å². The number of likely N-dealkylation sites (tertiary alicyclic amines) is 1. The highest BCUT2D eigenvalue weighted by atomic mass is 15.4. The molecule has 0 amide bonds. The van der Waals surface area contributed by atoms with Gasteiger partial charge >= 0.3 is 0 Å². The number of hydrogen-bond donors (Lipinski definition) is 0. The highest BCUT2D eigenvalue weighted by molar-refractivity contribution is 5.15. The molecular weight excluding hydrogens is 230 g/mol. The molecule has 0 aromatic heterocycles. The molecule has 0 unspecified atom stereocenters. The molecule has 2 aromatic rings. The average molecular weight is 252 g/mol. The van der Waals surface area contributed by atoms with Crippen LogP contribution in [-0.4, -0.2) is 17.6 Å². The van der Waals surface area contributed by atoms with Gasteiger partial charge in [0.25, 0.3) is 0 Å². The van der Waals surface area contributed by atoms with Crippen molar-refractivity contribution in [2.45, 2.75) is 25.9 Å². The van der Waals surface area contributed by atoms with E-state index in [1.165, 1.54) is 54.6 Å². The summed E-state index contributed by atoms with van der Waals surface area (Å²) in [5.74, 6) is 0. The SMILES string of the molecule is c1ccc(C[N+]2(Cc3ccccc3)CCCC2)cc1. The predicted molar refractivity (Wildman–Crippen MR) is 79.5 cm³/mol. The number of nitrogens with zero attached hydrogens (tertiary/aromatic N) is 1. The molecule has 1 fully saturated rings. The van der Waals surface area contributed by atoms with Crippen LogP contribution in [0, 0.1) is 0 Å². The molecule has 2 aromatic carbocycles. The maximum Gasteiger partial charge on any atom is 0.105 e. The Kier molecular flexibility index (Phi) is 3.65. The Morgan fingerprint density at radius 3 is 1.47 bits per heavy atom. The summed E-state index contributed by atoms with van der Waals surface area (Å²) < 4.78 is 1.23. The van der Waals surface area contributed by atoms with Crippen LogP contribution in [-0.2, 0) is 13.1 Å². The van der Waals surface area contributed by atoms with Gasteiger partial charge < -0.3 is 4.48 Å². The fourth-order valence-electron chi connectivity index (χ4n) is 3.32. The zero-order valence-electron chi connectivity index (χ0n) is 11.5. The van der Waals surface area contributed by atoms with E-state index in [0.717, 1.165) is 0 Å². The van der Waals surface area contributed by atoms with E-state index in [1.54, 1.807) is 0 Å². The van der Waals surface area contributed by atoms with Gasteiger partial charge in [0, 0.05) is 24.0 Å². The molecule has 0 atom stereocenters. The average Bonchev–Trinajstić information content (AvgIpc) is 2.89. The summed E-state index contributed by atoms with van der Waals surface area (Å²) in [6.45, 7) is 5.00. The smallest absolute Gasteiger partial charge is 0.105 e. The van der Waals surface area contributed by atoms with Crippen molar-refractivity contribution in [1.82, 2.24) is 0 Å². The molecule has 19 heavy (non-hydrogen) atoms. The maximum atomic E-state index is 2.27. The molecule has 0 spiro atoms. The van der Waals surface area contributed by atoms with E-state index in [-0.39, 0.29) is 0 Å². The first-order valence-corrected chi connectivity index (χ1v) is 7.29. The Bertz CT molecular complexity index is 454. The van der Waals surface area contributed by atoms with Gasteiger partial charge in [-0.25, -0.2) is 0 Å². The molecule has 1 heterocycles. The molecule has 1 nitrogen and oxygen atoms in total. The summed E-state index contributed by atoms with van der Waals surface area (Å²) in [4.78, 5) is 0. The lowest BCUT2D eigenvalue weighted by atomic mass is 10.1. The zero-order valence-corrected chi connectivity index (χ0v) is 11.5. The molecule has 0 aliphatic carbocycles. The fourth-order valence-corrected chi connectivity index (χ4v) is 3.32. The van der Waals surface area contributed by atoms with Crippen LogP contribution < -0.4 is 0 Å². The second-order valence-electron chi connectivity index (χ2n) is 5.78. The van der Waals surface area contributed by atoms with Gasteiger partial charge in [-0.15, -0.1) is 0 Å². The van der Waals surface area contributed by atoms with Gasteiger partial charge in [-0.05, 0) is 0 Å². The lowest BCUT2D eigenvalue weighted by Gasteiger charge is -2.34. The summed E-state index contributed by atoms with van der Waals surface area (Å²) in [6.07, 6.45) is 2.75. The van der Waals surface area contributed by atoms with E-state index < -0.39 is 0 Å². The van der Waals surface area contributed by atoms with Crippen molar-refractivity contribution >= 4 is 0 Å². The summed E-state index contributed by atoms with van der Waals surface area (Å²) in [5.41, 5.74) is 2.95. The number of rotatable bonds is 4. The third-order valence-electron chi connectivity index (χ3n) is 4.24. The molecule has 1 aliphatic rings. The standard InChI is InChI=1S/C18H22N/c1-3-9-17(10-4-1)15-19(13-7-8-14-19)16-18-11-5-2-6-12-18/h1-6,9-12H,7-8,13-16H2/q+1. The molecule has 1 saturated heterocycles. The van der Waals surface area contributed by atoms with Crippen LogP contribution in [0.2, 0.25) is 0 Å². The maximum absolute atomic E-state index is 2.27. The van der Waals surface area contributed by atoms with E-state index in [1.807, 2.05) is 0 Å². The van der Waals surface area contributed by atoms with Crippen LogP contribution >= 0.6 is 0 Å². The zero-order chi connectivity index (χ0) is 13.0. The number of quaternary nitrogens is 1. The number of hydrogen-bond acceptors (Lipinski definition) is 0. The van der Waals surface area contributed by atoms with Gasteiger partial charge in [0.05, 0.1) is 13.1 Å². The van der Waals surface area contributed by atoms with E-state index >= 15 is 0 Å². The summed E-state index contributed by atoms with van der Waals surface area (Å²) in [5, 5.41) is 0. The minimum atomic E-state index is 1.18. The van der Waals surface area contributed by atoms with Gasteiger partial charge in [-0.2, -0.15) is 0 Å². The minimum absolute atomic E-state index is 1.18. The van der Waals surface area contributed by atoms with Gasteiger partial charge in [-0.3, -0.25) is 0 Å². The molecule has 1 aliphatic heterocycles. The molecule has 3 rings (SSSR count). The highest BCUT2D eigenvalue weighted by Crippen LogP contribution is 2.26. The van der Waals surface area contributed by atoms with Crippen molar-refractivity contribution in [2.75, 3.05) is 13.1 Å². The van der Waals surface area contributed by atoms with Crippen LogP contribution in [0.25, 0.3) is 0 Å². The molecular formula is C18H22N+. The van der Waals surface area contributed by atoms with E-state index in [4.69, 9.17) is 0 Å². The Hall–Kier alpha value is -1.60. The monoisotopic (exact) mass is 252 g/mol. The molecule has 0 bridgehead atoms. The molecule has 0 saturated carbocycles. The van der Waals surface area contributed by atoms with Crippen molar-refractivity contribution in [3.05, 3.63) is 71.8 Å². The van der Waals surface area contributed by atoms with Crippen LogP contribution in [0.5, 0.6) is 0 Å². The fraction of sp³-hybridized carbons (Fsp3) is 0.333. The van der Waals surface area contributed by atoms with Crippen LogP contribution in [0.3, 0.4) is 0 Å². The quantitative estimate of drug-likeness (QED) is 0.722. The van der Waals surface area contributed by atoms with Crippen LogP contribution in [0.4, 0.5) is 0 Å². The van der Waals surface area contributed by atoms with Gasteiger partial charge in [0.2, 0.25) is 0 Å². The lowest BCUT2D eigenvalue weighted by Crippen LogP contribution is -2.43. The molecule has 0 radical (unpaired) electrons. The van der Waals surface area contributed by atoms with Crippen molar-refractivity contribution in [2.24, 2.45) is 0 Å². The third kappa shape index (κ3) is 3.05. The van der Waals surface area contributed by atoms with E-state index in [2.05, 4.69) is 60.7 Å². The van der Waals surface area contributed by atoms with Gasteiger partial charge in [0.15, 0.2) is 0 Å². The van der Waals surface area contributed by atoms with Crippen molar-refractivity contribution in [3.8, 4) is 0 Å². The summed E-state index contributed by atoms with van der Waals surface area (Å²) in [7, 11) is 0. The first-order valence-electron chi connectivity index (χ1n) is 7.29. The van der Waals surface area contributed by atoms with E-state index in [9.17, 15) is 0 Å². The van der Waals surface area contributed by atoms with Crippen LogP contribution in [0.15, 0.2) is 60.7 Å². The highest BCUT2D eigenvalue weighted by Gasteiger charge is 2.32. The van der Waals surface area contributed by atoms with E-state index in [0.29, 0.717) is 0 Å². The molecule has 98 valence electrons. The van der Waals surface area contributed by atoms with Crippen molar-refractivity contribution in [3.63, 3.8) is 0 Å². The lowest BCUT2D eigenvalue weighted by molar-refractivity contribution is -0.942. The Morgan fingerprint density at radius 1 is 0.632 bits per heavy atom. The van der Waals surface area contributed by atoms with Crippen LogP contribution in [0.1, 0.15) is 24.0 Å². The van der Waals surface area contributed by atoms with Gasteiger partial charge in [0.1, 0.15) is 13.1 Å². The third-order valence-corrected chi connectivity index (χ3v) is 4.24. The largest absolute Gasteiger partial charge is 0.316 e. The Balaban J connectivity index is 1.79. The predicted octanol–water partition coefficient (Wildman–Crippen LogP) is 4.00. The second kappa shape index (κ2) is 5.58.